The molecule has 2 aromatic rings. The predicted octanol–water partition coefficient (Wildman–Crippen LogP) is 2.86. The molecule has 2 rings (SSSR count). The maximum atomic E-state index is 10.8. The minimum atomic E-state index is -0.438. The number of nitrogen functional groups attached to an aromatic ring is 1. The molecule has 0 spiro atoms. The Morgan fingerprint density at radius 3 is 2.84 bits per heavy atom. The number of nitrogens with zero attached hydrogens (tertiary/aromatic N) is 3. The molecule has 6 nitrogen and oxygen atoms in total. The molecule has 0 amide bonds. The first-order chi connectivity index (χ1) is 8.99. The molecule has 1 heterocycles. The summed E-state index contributed by atoms with van der Waals surface area (Å²) in [5, 5.41) is 15.3. The summed E-state index contributed by atoms with van der Waals surface area (Å²) in [6.45, 7) is 4.13. The van der Waals surface area contributed by atoms with Gasteiger partial charge in [-0.3, -0.25) is 10.1 Å². The van der Waals surface area contributed by atoms with Gasteiger partial charge in [0.2, 0.25) is 0 Å². The lowest BCUT2D eigenvalue weighted by atomic mass is 10.3. The summed E-state index contributed by atoms with van der Waals surface area (Å²) < 4.78 is 1.51. The van der Waals surface area contributed by atoms with Gasteiger partial charge in [0.15, 0.2) is 0 Å². The highest BCUT2D eigenvalue weighted by Crippen LogP contribution is 2.30. The van der Waals surface area contributed by atoms with E-state index < -0.39 is 4.92 Å². The fourth-order valence-electron chi connectivity index (χ4n) is 1.63. The summed E-state index contributed by atoms with van der Waals surface area (Å²) >= 11 is 1.61. The number of thioether (sulfide) groups is 1. The van der Waals surface area contributed by atoms with Crippen LogP contribution in [-0.4, -0.2) is 20.0 Å². The van der Waals surface area contributed by atoms with Gasteiger partial charge in [0.05, 0.1) is 21.7 Å². The maximum Gasteiger partial charge on any atom is 0.271 e. The average molecular weight is 278 g/mol. The first kappa shape index (κ1) is 13.4. The Morgan fingerprint density at radius 2 is 2.21 bits per heavy atom. The van der Waals surface area contributed by atoms with Crippen molar-refractivity contribution in [2.75, 3.05) is 5.73 Å². The van der Waals surface area contributed by atoms with Gasteiger partial charge in [0.25, 0.3) is 5.69 Å². The number of nitro groups is 1. The largest absolute Gasteiger partial charge is 0.383 e. The van der Waals surface area contributed by atoms with Gasteiger partial charge in [0, 0.05) is 17.4 Å². The number of hydrogen-bond donors (Lipinski definition) is 1. The Morgan fingerprint density at radius 1 is 1.47 bits per heavy atom. The van der Waals surface area contributed by atoms with Crippen LogP contribution in [0.1, 0.15) is 13.8 Å². The van der Waals surface area contributed by atoms with E-state index >= 15 is 0 Å². The molecule has 0 aliphatic heterocycles. The van der Waals surface area contributed by atoms with E-state index in [1.807, 2.05) is 0 Å². The van der Waals surface area contributed by atoms with Crippen molar-refractivity contribution in [1.82, 2.24) is 9.78 Å². The third-order valence-corrected chi connectivity index (χ3v) is 3.46. The fourth-order valence-corrected chi connectivity index (χ4v) is 2.45. The summed E-state index contributed by atoms with van der Waals surface area (Å²) in [6, 6.07) is 6.24. The number of nitrogens with two attached hydrogens (primary N) is 1. The van der Waals surface area contributed by atoms with E-state index in [4.69, 9.17) is 5.73 Å². The molecule has 0 fully saturated rings. The van der Waals surface area contributed by atoms with Crippen LogP contribution in [0.3, 0.4) is 0 Å². The summed E-state index contributed by atoms with van der Waals surface area (Å²) in [4.78, 5) is 11.2. The fraction of sp³-hybridized carbons (Fsp3) is 0.250. The van der Waals surface area contributed by atoms with Crippen molar-refractivity contribution in [2.45, 2.75) is 24.0 Å². The van der Waals surface area contributed by atoms with E-state index in [1.54, 1.807) is 30.1 Å². The standard InChI is InChI=1S/C12H14N4O2S/c1-8(2)19-11-7-14-15(12(11)13)9-4-3-5-10(6-9)16(17)18/h3-8H,13H2,1-2H3. The van der Waals surface area contributed by atoms with Crippen LogP contribution in [0.15, 0.2) is 35.4 Å². The monoisotopic (exact) mass is 278 g/mol. The zero-order valence-electron chi connectivity index (χ0n) is 10.6. The molecule has 1 aromatic carbocycles. The van der Waals surface area contributed by atoms with Crippen LogP contribution < -0.4 is 5.73 Å². The van der Waals surface area contributed by atoms with Gasteiger partial charge in [0.1, 0.15) is 5.82 Å². The Hall–Kier alpha value is -2.02. The molecule has 0 bridgehead atoms. The molecule has 0 radical (unpaired) electrons. The van der Waals surface area contributed by atoms with E-state index in [2.05, 4.69) is 18.9 Å². The second kappa shape index (κ2) is 5.31. The molecule has 1 aromatic heterocycles. The summed E-state index contributed by atoms with van der Waals surface area (Å²) in [6.07, 6.45) is 1.68. The molecule has 0 saturated heterocycles. The van der Waals surface area contributed by atoms with Crippen molar-refractivity contribution >= 4 is 23.3 Å². The molecule has 0 unspecified atom stereocenters. The third-order valence-electron chi connectivity index (χ3n) is 2.42. The van der Waals surface area contributed by atoms with Crippen molar-refractivity contribution in [3.63, 3.8) is 0 Å². The summed E-state index contributed by atoms with van der Waals surface area (Å²) in [5.74, 6) is 0.499. The van der Waals surface area contributed by atoms with Crippen LogP contribution in [-0.2, 0) is 0 Å². The average Bonchev–Trinajstić information content (AvgIpc) is 2.70. The second-order valence-electron chi connectivity index (χ2n) is 4.25. The predicted molar refractivity (Wildman–Crippen MR) is 75.6 cm³/mol. The highest BCUT2D eigenvalue weighted by Gasteiger charge is 2.13. The van der Waals surface area contributed by atoms with Gasteiger partial charge in [-0.2, -0.15) is 5.10 Å². The number of aromatic nitrogens is 2. The van der Waals surface area contributed by atoms with E-state index in [-0.39, 0.29) is 5.69 Å². The Balaban J connectivity index is 2.39. The second-order valence-corrected chi connectivity index (χ2v) is 5.87. The first-order valence-corrected chi connectivity index (χ1v) is 6.62. The number of nitro benzene ring substituents is 1. The van der Waals surface area contributed by atoms with Crippen molar-refractivity contribution in [1.29, 1.82) is 0 Å². The summed E-state index contributed by atoms with van der Waals surface area (Å²) in [7, 11) is 0. The smallest absolute Gasteiger partial charge is 0.271 e. The van der Waals surface area contributed by atoms with E-state index in [9.17, 15) is 10.1 Å². The topological polar surface area (TPSA) is 87.0 Å². The number of anilines is 1. The van der Waals surface area contributed by atoms with Crippen LogP contribution in [0.25, 0.3) is 5.69 Å². The molecule has 2 N–H and O–H groups in total. The Bertz CT molecular complexity index is 610. The quantitative estimate of drug-likeness (QED) is 0.528. The lowest BCUT2D eigenvalue weighted by Gasteiger charge is -2.06. The molecule has 0 saturated carbocycles. The van der Waals surface area contributed by atoms with Gasteiger partial charge >= 0.3 is 0 Å². The van der Waals surface area contributed by atoms with Crippen LogP contribution in [0, 0.1) is 10.1 Å². The molecule has 19 heavy (non-hydrogen) atoms. The van der Waals surface area contributed by atoms with Crippen LogP contribution in [0.5, 0.6) is 0 Å². The van der Waals surface area contributed by atoms with E-state index in [0.29, 0.717) is 16.8 Å². The molecule has 7 heteroatoms. The van der Waals surface area contributed by atoms with Gasteiger partial charge in [-0.1, -0.05) is 19.9 Å². The Kier molecular flexibility index (Phi) is 3.75. The van der Waals surface area contributed by atoms with Gasteiger partial charge < -0.3 is 5.73 Å². The molecule has 0 aliphatic carbocycles. The van der Waals surface area contributed by atoms with Crippen LogP contribution in [0.2, 0.25) is 0 Å². The Labute approximate surface area is 114 Å². The molecular weight excluding hydrogens is 264 g/mol. The number of benzene rings is 1. The zero-order valence-corrected chi connectivity index (χ0v) is 11.4. The highest BCUT2D eigenvalue weighted by molar-refractivity contribution is 8.00. The lowest BCUT2D eigenvalue weighted by Crippen LogP contribution is -2.03. The highest BCUT2D eigenvalue weighted by atomic mass is 32.2. The van der Waals surface area contributed by atoms with Crippen molar-refractivity contribution in [3.05, 3.63) is 40.6 Å². The van der Waals surface area contributed by atoms with Crippen molar-refractivity contribution in [3.8, 4) is 5.69 Å². The van der Waals surface area contributed by atoms with Gasteiger partial charge in [-0.15, -0.1) is 11.8 Å². The SMILES string of the molecule is CC(C)Sc1cnn(-c2cccc([N+](=O)[O-])c2)c1N. The van der Waals surface area contributed by atoms with Crippen molar-refractivity contribution < 1.29 is 4.92 Å². The van der Waals surface area contributed by atoms with E-state index in [0.717, 1.165) is 4.90 Å². The van der Waals surface area contributed by atoms with Crippen molar-refractivity contribution in [2.24, 2.45) is 0 Å². The van der Waals surface area contributed by atoms with Gasteiger partial charge in [-0.25, -0.2) is 4.68 Å². The molecule has 0 aliphatic rings. The zero-order chi connectivity index (χ0) is 14.0. The number of non-ortho nitro benzene ring substituents is 1. The maximum absolute atomic E-state index is 10.8. The van der Waals surface area contributed by atoms with Crippen LogP contribution >= 0.6 is 11.8 Å². The minimum Gasteiger partial charge on any atom is -0.383 e. The molecule has 0 atom stereocenters. The normalized spacial score (nSPS) is 10.9. The minimum absolute atomic E-state index is 0.0189. The van der Waals surface area contributed by atoms with Gasteiger partial charge in [-0.05, 0) is 6.07 Å². The molecular formula is C12H14N4O2S. The lowest BCUT2D eigenvalue weighted by molar-refractivity contribution is -0.384. The summed E-state index contributed by atoms with van der Waals surface area (Å²) in [5.41, 5.74) is 6.62. The first-order valence-electron chi connectivity index (χ1n) is 5.74. The third kappa shape index (κ3) is 2.87. The van der Waals surface area contributed by atoms with Crippen LogP contribution in [0.4, 0.5) is 11.5 Å². The number of hydrogen-bond acceptors (Lipinski definition) is 5. The van der Waals surface area contributed by atoms with E-state index in [1.165, 1.54) is 16.8 Å². The number of rotatable bonds is 4. The molecule has 100 valence electrons.